The van der Waals surface area contributed by atoms with Gasteiger partial charge in [0.1, 0.15) is 4.88 Å². The number of para-hydroxylation sites is 2. The van der Waals surface area contributed by atoms with Crippen molar-refractivity contribution in [1.82, 2.24) is 14.5 Å². The first-order valence-corrected chi connectivity index (χ1v) is 9.62. The van der Waals surface area contributed by atoms with Gasteiger partial charge in [0.05, 0.1) is 16.6 Å². The molecule has 0 unspecified atom stereocenters. The molecule has 1 N–H and O–H groups in total. The van der Waals surface area contributed by atoms with Crippen molar-refractivity contribution < 1.29 is 18.0 Å². The van der Waals surface area contributed by atoms with Crippen LogP contribution in [0.4, 0.5) is 19.1 Å². The average Bonchev–Trinajstić information content (AvgIpc) is 3.32. The molecule has 148 valence electrons. The monoisotopic (exact) mass is 416 g/mol. The Labute approximate surface area is 167 Å². The highest BCUT2D eigenvalue weighted by atomic mass is 32.1. The van der Waals surface area contributed by atoms with Gasteiger partial charge in [0, 0.05) is 30.2 Å². The van der Waals surface area contributed by atoms with Gasteiger partial charge in [-0.15, -0.1) is 11.3 Å². The molecule has 0 atom stereocenters. The lowest BCUT2D eigenvalue weighted by atomic mass is 10.2. The number of nitrogens with zero attached hydrogens (tertiary/aromatic N) is 3. The smallest absolute Gasteiger partial charge is 0.310 e. The van der Waals surface area contributed by atoms with E-state index in [4.69, 9.17) is 0 Å². The quantitative estimate of drug-likeness (QED) is 0.498. The van der Waals surface area contributed by atoms with Gasteiger partial charge < -0.3 is 4.57 Å². The van der Waals surface area contributed by atoms with Gasteiger partial charge in [-0.05, 0) is 30.3 Å². The topological polar surface area (TPSA) is 59.8 Å². The second-order valence-corrected chi connectivity index (χ2v) is 7.21. The van der Waals surface area contributed by atoms with Crippen LogP contribution in [-0.4, -0.2) is 20.4 Å². The molecule has 4 aromatic rings. The number of halogens is 3. The Morgan fingerprint density at radius 2 is 1.93 bits per heavy atom. The van der Waals surface area contributed by atoms with Crippen molar-refractivity contribution in [3.05, 3.63) is 76.2 Å². The Kier molecular flexibility index (Phi) is 5.06. The van der Waals surface area contributed by atoms with Crippen LogP contribution < -0.4 is 5.32 Å². The number of rotatable bonds is 5. The lowest BCUT2D eigenvalue weighted by Gasteiger charge is -2.09. The van der Waals surface area contributed by atoms with Gasteiger partial charge in [-0.1, -0.05) is 18.2 Å². The standard InChI is InChI=1S/C20H15F3N4OS/c21-20(22,23)17-11-13(12-29-17)18(28)26-19-25-15-6-1-2-7-16(15)27(19)10-8-14-5-3-4-9-24-14/h1-7,9,11-12H,8,10H2,(H,25,26,28). The van der Waals surface area contributed by atoms with Crippen molar-refractivity contribution in [3.8, 4) is 0 Å². The number of amides is 1. The number of nitrogens with one attached hydrogen (secondary N) is 1. The highest BCUT2D eigenvalue weighted by molar-refractivity contribution is 7.10. The summed E-state index contributed by atoms with van der Waals surface area (Å²) in [5.74, 6) is -0.349. The van der Waals surface area contributed by atoms with E-state index in [-0.39, 0.29) is 11.5 Å². The second kappa shape index (κ2) is 7.67. The van der Waals surface area contributed by atoms with Crippen molar-refractivity contribution in [2.45, 2.75) is 19.1 Å². The van der Waals surface area contributed by atoms with E-state index in [0.717, 1.165) is 17.3 Å². The fraction of sp³-hybridized carbons (Fsp3) is 0.150. The number of hydrogen-bond donors (Lipinski definition) is 1. The van der Waals surface area contributed by atoms with E-state index in [1.165, 1.54) is 5.38 Å². The van der Waals surface area contributed by atoms with Gasteiger partial charge >= 0.3 is 6.18 Å². The molecule has 0 radical (unpaired) electrons. The fourth-order valence-electron chi connectivity index (χ4n) is 2.95. The Balaban J connectivity index is 1.61. The number of fused-ring (bicyclic) bond motifs is 1. The van der Waals surface area contributed by atoms with Crippen LogP contribution in [0.2, 0.25) is 0 Å². The van der Waals surface area contributed by atoms with Crippen molar-refractivity contribution in [2.75, 3.05) is 5.32 Å². The second-order valence-electron chi connectivity index (χ2n) is 6.30. The summed E-state index contributed by atoms with van der Waals surface area (Å²) in [6.07, 6.45) is -2.15. The summed E-state index contributed by atoms with van der Waals surface area (Å²) in [4.78, 5) is 20.4. The first-order valence-electron chi connectivity index (χ1n) is 8.74. The third kappa shape index (κ3) is 4.14. The summed E-state index contributed by atoms with van der Waals surface area (Å²) < 4.78 is 40.3. The number of thiophene rings is 1. The molecule has 9 heteroatoms. The molecular formula is C20H15F3N4OS. The van der Waals surface area contributed by atoms with Crippen LogP contribution in [0.25, 0.3) is 11.0 Å². The van der Waals surface area contributed by atoms with E-state index in [1.807, 2.05) is 47.0 Å². The minimum absolute atomic E-state index is 0.0503. The summed E-state index contributed by atoms with van der Waals surface area (Å²) in [5.41, 5.74) is 2.34. The molecular weight excluding hydrogens is 401 g/mol. The van der Waals surface area contributed by atoms with Crippen molar-refractivity contribution in [2.24, 2.45) is 0 Å². The van der Waals surface area contributed by atoms with Crippen LogP contribution in [0.3, 0.4) is 0 Å². The zero-order valence-electron chi connectivity index (χ0n) is 15.0. The average molecular weight is 416 g/mol. The predicted octanol–water partition coefficient (Wildman–Crippen LogP) is 5.01. The minimum Gasteiger partial charge on any atom is -0.310 e. The molecule has 0 spiro atoms. The van der Waals surface area contributed by atoms with E-state index in [1.54, 1.807) is 6.20 Å². The number of benzene rings is 1. The highest BCUT2D eigenvalue weighted by Gasteiger charge is 2.33. The molecule has 4 rings (SSSR count). The van der Waals surface area contributed by atoms with Gasteiger partial charge in [0.2, 0.25) is 5.95 Å². The third-order valence-electron chi connectivity index (χ3n) is 4.34. The summed E-state index contributed by atoms with van der Waals surface area (Å²) in [5, 5.41) is 3.84. The molecule has 1 aromatic carbocycles. The number of anilines is 1. The van der Waals surface area contributed by atoms with Crippen molar-refractivity contribution in [1.29, 1.82) is 0 Å². The van der Waals surface area contributed by atoms with E-state index in [2.05, 4.69) is 15.3 Å². The number of aromatic nitrogens is 3. The van der Waals surface area contributed by atoms with Crippen LogP contribution in [-0.2, 0) is 19.1 Å². The molecule has 1 amide bonds. The normalized spacial score (nSPS) is 11.7. The zero-order valence-corrected chi connectivity index (χ0v) is 15.8. The van der Waals surface area contributed by atoms with Crippen LogP contribution in [0.15, 0.2) is 60.1 Å². The molecule has 0 fully saturated rings. The summed E-state index contributed by atoms with van der Waals surface area (Å²) in [6, 6.07) is 13.9. The van der Waals surface area contributed by atoms with E-state index in [9.17, 15) is 18.0 Å². The van der Waals surface area contributed by atoms with Gasteiger partial charge in [0.25, 0.3) is 5.91 Å². The van der Waals surface area contributed by atoms with Crippen molar-refractivity contribution >= 4 is 34.2 Å². The first kappa shape index (κ1) is 19.1. The van der Waals surface area contributed by atoms with Gasteiger partial charge in [0.15, 0.2) is 0 Å². The molecule has 29 heavy (non-hydrogen) atoms. The highest BCUT2D eigenvalue weighted by Crippen LogP contribution is 2.34. The fourth-order valence-corrected chi connectivity index (χ4v) is 3.70. The molecule has 0 saturated heterocycles. The van der Waals surface area contributed by atoms with Crippen molar-refractivity contribution in [3.63, 3.8) is 0 Å². The number of carbonyl (C=O) groups is 1. The van der Waals surface area contributed by atoms with Crippen LogP contribution in [0.5, 0.6) is 0 Å². The zero-order chi connectivity index (χ0) is 20.4. The molecule has 0 saturated carbocycles. The molecule has 0 aliphatic rings. The van der Waals surface area contributed by atoms with Crippen LogP contribution in [0.1, 0.15) is 20.9 Å². The molecule has 0 aliphatic carbocycles. The molecule has 0 bridgehead atoms. The van der Waals surface area contributed by atoms with Gasteiger partial charge in [-0.3, -0.25) is 15.1 Å². The number of carbonyl (C=O) groups excluding carboxylic acids is 1. The maximum absolute atomic E-state index is 12.8. The Hall–Kier alpha value is -3.20. The van der Waals surface area contributed by atoms with Gasteiger partial charge in [-0.25, -0.2) is 4.98 Å². The first-order chi connectivity index (χ1) is 13.9. The lowest BCUT2D eigenvalue weighted by Crippen LogP contribution is -2.16. The number of hydrogen-bond acceptors (Lipinski definition) is 4. The number of aryl methyl sites for hydroxylation is 2. The van der Waals surface area contributed by atoms with Gasteiger partial charge in [-0.2, -0.15) is 13.2 Å². The Bertz CT molecular complexity index is 1150. The number of imidazole rings is 1. The maximum atomic E-state index is 12.8. The molecule has 0 aliphatic heterocycles. The predicted molar refractivity (Wildman–Crippen MR) is 105 cm³/mol. The summed E-state index contributed by atoms with van der Waals surface area (Å²) >= 11 is 0.491. The van der Waals surface area contributed by atoms with Crippen LogP contribution >= 0.6 is 11.3 Å². The number of alkyl halides is 3. The molecule has 3 heterocycles. The molecule has 3 aromatic heterocycles. The SMILES string of the molecule is O=C(Nc1nc2ccccc2n1CCc1ccccn1)c1csc(C(F)(F)F)c1. The lowest BCUT2D eigenvalue weighted by molar-refractivity contribution is -0.134. The van der Waals surface area contributed by atoms with E-state index in [0.29, 0.717) is 29.8 Å². The summed E-state index contributed by atoms with van der Waals surface area (Å²) in [7, 11) is 0. The Morgan fingerprint density at radius 1 is 1.14 bits per heavy atom. The van der Waals surface area contributed by atoms with E-state index >= 15 is 0 Å². The largest absolute Gasteiger partial charge is 0.425 e. The maximum Gasteiger partial charge on any atom is 0.425 e. The minimum atomic E-state index is -4.47. The number of pyridine rings is 1. The summed E-state index contributed by atoms with van der Waals surface area (Å²) in [6.45, 7) is 0.505. The van der Waals surface area contributed by atoms with Crippen LogP contribution in [0, 0.1) is 0 Å². The van der Waals surface area contributed by atoms with E-state index < -0.39 is 17.0 Å². The third-order valence-corrected chi connectivity index (χ3v) is 5.31. The Morgan fingerprint density at radius 3 is 2.66 bits per heavy atom. The molecule has 5 nitrogen and oxygen atoms in total.